The zero-order valence-corrected chi connectivity index (χ0v) is 14.7. The van der Waals surface area contributed by atoms with E-state index in [-0.39, 0.29) is 24.0 Å². The van der Waals surface area contributed by atoms with Gasteiger partial charge in [0.1, 0.15) is 0 Å². The summed E-state index contributed by atoms with van der Waals surface area (Å²) in [4.78, 5) is 14.5. The molecule has 1 saturated heterocycles. The van der Waals surface area contributed by atoms with Crippen LogP contribution in [0.5, 0.6) is 0 Å². The summed E-state index contributed by atoms with van der Waals surface area (Å²) in [5.41, 5.74) is 0.492. The van der Waals surface area contributed by atoms with E-state index in [1.54, 1.807) is 35.2 Å². The van der Waals surface area contributed by atoms with Crippen LogP contribution in [0, 0.1) is 0 Å². The lowest BCUT2D eigenvalue weighted by atomic mass is 10.1. The number of anilines is 2. The summed E-state index contributed by atoms with van der Waals surface area (Å²) in [6, 6.07) is 11.8. The van der Waals surface area contributed by atoms with Crippen LogP contribution in [0.1, 0.15) is 15.9 Å². The summed E-state index contributed by atoms with van der Waals surface area (Å²) in [7, 11) is 0. The summed E-state index contributed by atoms with van der Waals surface area (Å²) in [5, 5.41) is 6.12. The van der Waals surface area contributed by atoms with E-state index < -0.39 is 11.7 Å². The minimum atomic E-state index is -4.41. The number of para-hydroxylation sites is 1. The van der Waals surface area contributed by atoms with Crippen LogP contribution in [0.4, 0.5) is 24.5 Å². The number of benzene rings is 2. The molecule has 0 aliphatic carbocycles. The van der Waals surface area contributed by atoms with Crippen molar-refractivity contribution < 1.29 is 18.0 Å². The lowest BCUT2D eigenvalue weighted by molar-refractivity contribution is -0.137. The molecule has 2 N–H and O–H groups in total. The van der Waals surface area contributed by atoms with Gasteiger partial charge in [0.25, 0.3) is 5.91 Å². The van der Waals surface area contributed by atoms with E-state index in [9.17, 15) is 18.0 Å². The molecule has 0 bridgehead atoms. The molecule has 3 rings (SSSR count). The second-order valence-electron chi connectivity index (χ2n) is 5.79. The first-order chi connectivity index (χ1) is 11.9. The van der Waals surface area contributed by atoms with E-state index in [1.807, 2.05) is 0 Å². The van der Waals surface area contributed by atoms with Crippen LogP contribution in [0.25, 0.3) is 0 Å². The number of hydrogen-bond acceptors (Lipinski definition) is 3. The molecule has 1 aliphatic heterocycles. The van der Waals surface area contributed by atoms with Crippen molar-refractivity contribution in [1.82, 2.24) is 10.2 Å². The van der Waals surface area contributed by atoms with Crippen molar-refractivity contribution in [3.05, 3.63) is 59.7 Å². The highest BCUT2D eigenvalue weighted by atomic mass is 35.5. The number of piperazine rings is 1. The second kappa shape index (κ2) is 8.42. The molecule has 140 valence electrons. The molecule has 0 atom stereocenters. The van der Waals surface area contributed by atoms with Crippen LogP contribution < -0.4 is 10.6 Å². The Hall–Kier alpha value is -2.25. The predicted octanol–water partition coefficient (Wildman–Crippen LogP) is 3.92. The van der Waals surface area contributed by atoms with Gasteiger partial charge in [0.15, 0.2) is 0 Å². The number of hydrogen-bond donors (Lipinski definition) is 2. The average molecular weight is 386 g/mol. The van der Waals surface area contributed by atoms with Gasteiger partial charge in [-0.2, -0.15) is 13.2 Å². The highest BCUT2D eigenvalue weighted by Crippen LogP contribution is 2.32. The zero-order valence-electron chi connectivity index (χ0n) is 13.8. The molecule has 1 heterocycles. The lowest BCUT2D eigenvalue weighted by Gasteiger charge is -2.28. The van der Waals surface area contributed by atoms with Crippen molar-refractivity contribution in [3.8, 4) is 0 Å². The van der Waals surface area contributed by atoms with Crippen molar-refractivity contribution in [2.24, 2.45) is 0 Å². The third-order valence-corrected chi connectivity index (χ3v) is 4.03. The van der Waals surface area contributed by atoms with Gasteiger partial charge in [0, 0.05) is 31.9 Å². The number of rotatable bonds is 3. The molecule has 1 aliphatic rings. The smallest absolute Gasteiger partial charge is 0.355 e. The van der Waals surface area contributed by atoms with Crippen molar-refractivity contribution in [3.63, 3.8) is 0 Å². The predicted molar refractivity (Wildman–Crippen MR) is 97.2 cm³/mol. The summed E-state index contributed by atoms with van der Waals surface area (Å²) >= 11 is 0. The number of nitrogens with zero attached hydrogens (tertiary/aromatic N) is 1. The first-order valence-electron chi connectivity index (χ1n) is 7.98. The molecule has 1 fully saturated rings. The molecule has 8 heteroatoms. The molecule has 0 aromatic heterocycles. The minimum Gasteiger partial charge on any atom is -0.355 e. The maximum Gasteiger partial charge on any atom is 0.416 e. The summed E-state index contributed by atoms with van der Waals surface area (Å²) in [6.45, 7) is 2.68. The minimum absolute atomic E-state index is 0. The van der Waals surface area contributed by atoms with Gasteiger partial charge in [0.2, 0.25) is 0 Å². The summed E-state index contributed by atoms with van der Waals surface area (Å²) in [5.74, 6) is -0.128. The van der Waals surface area contributed by atoms with Crippen LogP contribution >= 0.6 is 12.4 Å². The van der Waals surface area contributed by atoms with Crippen molar-refractivity contribution >= 4 is 29.7 Å². The Balaban J connectivity index is 0.00000243. The van der Waals surface area contributed by atoms with Gasteiger partial charge >= 0.3 is 6.18 Å². The van der Waals surface area contributed by atoms with Crippen LogP contribution in [-0.4, -0.2) is 37.0 Å². The third kappa shape index (κ3) is 4.68. The average Bonchev–Trinajstić information content (AvgIpc) is 2.62. The van der Waals surface area contributed by atoms with Crippen molar-refractivity contribution in [2.75, 3.05) is 31.5 Å². The largest absolute Gasteiger partial charge is 0.416 e. The number of nitrogens with one attached hydrogen (secondary N) is 2. The Morgan fingerprint density at radius 2 is 1.73 bits per heavy atom. The van der Waals surface area contributed by atoms with Gasteiger partial charge in [0.05, 0.1) is 16.8 Å². The molecule has 2 aromatic carbocycles. The van der Waals surface area contributed by atoms with Gasteiger partial charge < -0.3 is 15.5 Å². The molecular weight excluding hydrogens is 367 g/mol. The molecule has 0 unspecified atom stereocenters. The van der Waals surface area contributed by atoms with E-state index >= 15 is 0 Å². The number of halogens is 4. The number of alkyl halides is 3. The number of carbonyl (C=O) groups is 1. The van der Waals surface area contributed by atoms with Crippen LogP contribution in [0.2, 0.25) is 0 Å². The number of amides is 1. The third-order valence-electron chi connectivity index (χ3n) is 4.03. The van der Waals surface area contributed by atoms with E-state index in [0.717, 1.165) is 25.2 Å². The fourth-order valence-corrected chi connectivity index (χ4v) is 2.75. The lowest BCUT2D eigenvalue weighted by Crippen LogP contribution is -2.46. The fourth-order valence-electron chi connectivity index (χ4n) is 2.75. The van der Waals surface area contributed by atoms with Gasteiger partial charge in [-0.1, -0.05) is 18.2 Å². The normalized spacial score (nSPS) is 14.5. The molecule has 0 saturated carbocycles. The molecule has 4 nitrogen and oxygen atoms in total. The van der Waals surface area contributed by atoms with Crippen LogP contribution in [0.15, 0.2) is 48.5 Å². The van der Waals surface area contributed by atoms with Gasteiger partial charge in [-0.25, -0.2) is 0 Å². The van der Waals surface area contributed by atoms with E-state index in [2.05, 4.69) is 10.6 Å². The Kier molecular flexibility index (Phi) is 6.50. The number of carbonyl (C=O) groups excluding carboxylic acids is 1. The zero-order chi connectivity index (χ0) is 17.9. The maximum absolute atomic E-state index is 12.9. The molecule has 26 heavy (non-hydrogen) atoms. The SMILES string of the molecule is Cl.O=C(c1ccccc1Nc1cccc(C(F)(F)F)c1)N1CCNCC1. The topological polar surface area (TPSA) is 44.4 Å². The quantitative estimate of drug-likeness (QED) is 0.841. The van der Waals surface area contributed by atoms with Crippen LogP contribution in [0.3, 0.4) is 0 Å². The maximum atomic E-state index is 12.9. The van der Waals surface area contributed by atoms with Crippen molar-refractivity contribution in [2.45, 2.75) is 6.18 Å². The second-order valence-corrected chi connectivity index (χ2v) is 5.79. The highest BCUT2D eigenvalue weighted by molar-refractivity contribution is 6.00. The summed E-state index contributed by atoms with van der Waals surface area (Å²) in [6.07, 6.45) is -4.41. The Bertz CT molecular complexity index is 761. The monoisotopic (exact) mass is 385 g/mol. The Morgan fingerprint density at radius 3 is 2.42 bits per heavy atom. The molecule has 0 radical (unpaired) electrons. The van der Waals surface area contributed by atoms with Gasteiger partial charge in [-0.05, 0) is 30.3 Å². The van der Waals surface area contributed by atoms with E-state index in [0.29, 0.717) is 24.3 Å². The van der Waals surface area contributed by atoms with Crippen molar-refractivity contribution in [1.29, 1.82) is 0 Å². The van der Waals surface area contributed by atoms with E-state index in [4.69, 9.17) is 0 Å². The van der Waals surface area contributed by atoms with E-state index in [1.165, 1.54) is 6.07 Å². The standard InChI is InChI=1S/C18H18F3N3O.ClH/c19-18(20,21)13-4-3-5-14(12-13)23-16-7-2-1-6-15(16)17(25)24-10-8-22-9-11-24;/h1-7,12,22-23H,8-11H2;1H. The molecule has 0 spiro atoms. The molecule has 1 amide bonds. The van der Waals surface area contributed by atoms with Crippen LogP contribution in [-0.2, 0) is 6.18 Å². The first kappa shape index (κ1) is 20.1. The summed E-state index contributed by atoms with van der Waals surface area (Å²) < 4.78 is 38.6. The van der Waals surface area contributed by atoms with Gasteiger partial charge in [-0.3, -0.25) is 4.79 Å². The Labute approximate surface area is 155 Å². The first-order valence-corrected chi connectivity index (χ1v) is 7.98. The Morgan fingerprint density at radius 1 is 1.04 bits per heavy atom. The highest BCUT2D eigenvalue weighted by Gasteiger charge is 2.30. The van der Waals surface area contributed by atoms with Gasteiger partial charge in [-0.15, -0.1) is 12.4 Å². The molecular formula is C18H19ClF3N3O. The fraction of sp³-hybridized carbons (Fsp3) is 0.278. The molecule has 2 aromatic rings.